The van der Waals surface area contributed by atoms with Gasteiger partial charge < -0.3 is 15.5 Å². The summed E-state index contributed by atoms with van der Waals surface area (Å²) < 4.78 is 38.2. The summed E-state index contributed by atoms with van der Waals surface area (Å²) in [6, 6.07) is 18.2. The lowest BCUT2D eigenvalue weighted by molar-refractivity contribution is -0.137. The van der Waals surface area contributed by atoms with Crippen molar-refractivity contribution in [1.82, 2.24) is 5.32 Å². The van der Waals surface area contributed by atoms with Gasteiger partial charge in [-0.3, -0.25) is 9.59 Å². The number of benzene rings is 3. The van der Waals surface area contributed by atoms with Gasteiger partial charge in [0, 0.05) is 37.6 Å². The van der Waals surface area contributed by atoms with Crippen LogP contribution in [0.2, 0.25) is 0 Å². The van der Waals surface area contributed by atoms with Crippen LogP contribution in [-0.4, -0.2) is 25.9 Å². The molecule has 0 saturated heterocycles. The number of anilines is 2. The van der Waals surface area contributed by atoms with Crippen molar-refractivity contribution in [2.24, 2.45) is 0 Å². The van der Waals surface area contributed by atoms with Gasteiger partial charge in [-0.2, -0.15) is 13.2 Å². The molecule has 0 heterocycles. The van der Waals surface area contributed by atoms with Gasteiger partial charge in [0.15, 0.2) is 0 Å². The zero-order valence-electron chi connectivity index (χ0n) is 17.5. The Kier molecular flexibility index (Phi) is 6.82. The van der Waals surface area contributed by atoms with E-state index in [-0.39, 0.29) is 11.5 Å². The summed E-state index contributed by atoms with van der Waals surface area (Å²) in [7, 11) is 3.59. The minimum absolute atomic E-state index is 0.0739. The smallest absolute Gasteiger partial charge is 0.377 e. The molecule has 0 radical (unpaired) electrons. The van der Waals surface area contributed by atoms with Crippen LogP contribution in [0.25, 0.3) is 0 Å². The predicted octanol–water partition coefficient (Wildman–Crippen LogP) is 4.95. The Bertz CT molecular complexity index is 1100. The Morgan fingerprint density at radius 1 is 0.875 bits per heavy atom. The Morgan fingerprint density at radius 3 is 2.12 bits per heavy atom. The van der Waals surface area contributed by atoms with E-state index in [0.717, 1.165) is 29.8 Å². The van der Waals surface area contributed by atoms with Crippen LogP contribution >= 0.6 is 0 Å². The molecule has 166 valence electrons. The van der Waals surface area contributed by atoms with E-state index >= 15 is 0 Å². The molecule has 0 saturated carbocycles. The number of halogens is 3. The molecule has 0 aromatic heterocycles. The lowest BCUT2D eigenvalue weighted by Crippen LogP contribution is -2.25. The fourth-order valence-electron chi connectivity index (χ4n) is 3.07. The topological polar surface area (TPSA) is 61.4 Å². The van der Waals surface area contributed by atoms with Crippen molar-refractivity contribution in [3.05, 3.63) is 95.1 Å². The van der Waals surface area contributed by atoms with E-state index in [0.29, 0.717) is 23.5 Å². The van der Waals surface area contributed by atoms with Crippen LogP contribution in [-0.2, 0) is 12.7 Å². The maximum Gasteiger partial charge on any atom is 0.416 e. The number of hydrogen-bond acceptors (Lipinski definition) is 3. The molecular weight excluding hydrogens is 419 g/mol. The number of nitrogens with zero attached hydrogens (tertiary/aromatic N) is 1. The lowest BCUT2D eigenvalue weighted by Gasteiger charge is -2.18. The summed E-state index contributed by atoms with van der Waals surface area (Å²) in [5.41, 5.74) is 1.55. The van der Waals surface area contributed by atoms with Gasteiger partial charge in [-0.25, -0.2) is 0 Å². The van der Waals surface area contributed by atoms with Gasteiger partial charge in [0.2, 0.25) is 0 Å². The first-order valence-corrected chi connectivity index (χ1v) is 9.77. The van der Waals surface area contributed by atoms with E-state index in [1.54, 1.807) is 31.1 Å². The summed E-state index contributed by atoms with van der Waals surface area (Å²) in [6.45, 7) is 0.342. The molecular formula is C24H22F3N3O2. The Morgan fingerprint density at radius 2 is 1.53 bits per heavy atom. The molecule has 0 aliphatic heterocycles. The van der Waals surface area contributed by atoms with Crippen molar-refractivity contribution in [2.75, 3.05) is 24.3 Å². The third-order valence-corrected chi connectivity index (χ3v) is 4.75. The third-order valence-electron chi connectivity index (χ3n) is 4.75. The van der Waals surface area contributed by atoms with Crippen molar-refractivity contribution >= 4 is 23.2 Å². The largest absolute Gasteiger partial charge is 0.416 e. The van der Waals surface area contributed by atoms with E-state index < -0.39 is 17.6 Å². The van der Waals surface area contributed by atoms with Crippen molar-refractivity contribution in [2.45, 2.75) is 12.7 Å². The monoisotopic (exact) mass is 441 g/mol. The molecule has 2 amide bonds. The van der Waals surface area contributed by atoms with Crippen LogP contribution in [0.3, 0.4) is 0 Å². The van der Waals surface area contributed by atoms with Gasteiger partial charge in [0.05, 0.1) is 11.1 Å². The Labute approximate surface area is 183 Å². The first-order chi connectivity index (χ1) is 15.1. The number of alkyl halides is 3. The van der Waals surface area contributed by atoms with Gasteiger partial charge in [0.25, 0.3) is 11.8 Å². The third kappa shape index (κ3) is 5.66. The predicted molar refractivity (Wildman–Crippen MR) is 118 cm³/mol. The van der Waals surface area contributed by atoms with Crippen LogP contribution in [0.4, 0.5) is 24.5 Å². The second-order valence-corrected chi connectivity index (χ2v) is 7.32. The second kappa shape index (κ2) is 9.55. The first kappa shape index (κ1) is 22.9. The Hall–Kier alpha value is -3.81. The van der Waals surface area contributed by atoms with E-state index in [2.05, 4.69) is 10.6 Å². The zero-order valence-corrected chi connectivity index (χ0v) is 17.5. The summed E-state index contributed by atoms with van der Waals surface area (Å²) in [5.74, 6) is -0.893. The van der Waals surface area contributed by atoms with Crippen LogP contribution < -0.4 is 15.5 Å². The minimum atomic E-state index is -4.47. The molecule has 0 aliphatic rings. The molecule has 0 spiro atoms. The summed E-state index contributed by atoms with van der Waals surface area (Å²) in [5, 5.41) is 5.49. The maximum atomic E-state index is 12.8. The van der Waals surface area contributed by atoms with Gasteiger partial charge >= 0.3 is 6.18 Å². The minimum Gasteiger partial charge on any atom is -0.377 e. The molecule has 0 aliphatic carbocycles. The summed E-state index contributed by atoms with van der Waals surface area (Å²) >= 11 is 0. The first-order valence-electron chi connectivity index (χ1n) is 9.77. The standard InChI is InChI=1S/C24H22F3N3O2/c1-30(2)21-13-12-19(14-20(21)23(32)28-15-16-6-4-3-5-7-16)29-22(31)17-8-10-18(11-9-17)24(25,26)27/h3-14H,15H2,1-2H3,(H,28,32)(H,29,31). The van der Waals surface area contributed by atoms with Crippen LogP contribution in [0.5, 0.6) is 0 Å². The SMILES string of the molecule is CN(C)c1ccc(NC(=O)c2ccc(C(F)(F)F)cc2)cc1C(=O)NCc1ccccc1. The quantitative estimate of drug-likeness (QED) is 0.569. The summed E-state index contributed by atoms with van der Waals surface area (Å²) in [4.78, 5) is 27.1. The molecule has 0 fully saturated rings. The average molecular weight is 441 g/mol. The molecule has 0 unspecified atom stereocenters. The maximum absolute atomic E-state index is 12.8. The fraction of sp³-hybridized carbons (Fsp3) is 0.167. The van der Waals surface area contributed by atoms with Gasteiger partial charge in [-0.1, -0.05) is 30.3 Å². The zero-order chi connectivity index (χ0) is 23.3. The van der Waals surface area contributed by atoms with Gasteiger partial charge in [-0.15, -0.1) is 0 Å². The molecule has 3 rings (SSSR count). The van der Waals surface area contributed by atoms with E-state index in [1.807, 2.05) is 30.3 Å². The highest BCUT2D eigenvalue weighted by Crippen LogP contribution is 2.29. The number of carbonyl (C=O) groups is 2. The van der Waals surface area contributed by atoms with E-state index in [9.17, 15) is 22.8 Å². The van der Waals surface area contributed by atoms with E-state index in [4.69, 9.17) is 0 Å². The highest BCUT2D eigenvalue weighted by molar-refractivity contribution is 6.06. The van der Waals surface area contributed by atoms with Crippen molar-refractivity contribution in [3.8, 4) is 0 Å². The van der Waals surface area contributed by atoms with Crippen molar-refractivity contribution in [3.63, 3.8) is 0 Å². The number of rotatable bonds is 6. The normalized spacial score (nSPS) is 11.0. The number of hydrogen-bond donors (Lipinski definition) is 2. The summed E-state index contributed by atoms with van der Waals surface area (Å²) in [6.07, 6.45) is -4.47. The number of carbonyl (C=O) groups excluding carboxylic acids is 2. The van der Waals surface area contributed by atoms with Gasteiger partial charge in [0.1, 0.15) is 0 Å². The molecule has 5 nitrogen and oxygen atoms in total. The Balaban J connectivity index is 1.77. The van der Waals surface area contributed by atoms with Crippen LogP contribution in [0.15, 0.2) is 72.8 Å². The van der Waals surface area contributed by atoms with Gasteiger partial charge in [-0.05, 0) is 48.0 Å². The highest BCUT2D eigenvalue weighted by atomic mass is 19.4. The highest BCUT2D eigenvalue weighted by Gasteiger charge is 2.30. The average Bonchev–Trinajstić information content (AvgIpc) is 2.77. The molecule has 2 N–H and O–H groups in total. The second-order valence-electron chi connectivity index (χ2n) is 7.32. The molecule has 0 atom stereocenters. The fourth-order valence-corrected chi connectivity index (χ4v) is 3.07. The van der Waals surface area contributed by atoms with Crippen molar-refractivity contribution in [1.29, 1.82) is 0 Å². The van der Waals surface area contributed by atoms with Crippen LogP contribution in [0.1, 0.15) is 31.8 Å². The molecule has 3 aromatic carbocycles. The molecule has 32 heavy (non-hydrogen) atoms. The molecule has 3 aromatic rings. The lowest BCUT2D eigenvalue weighted by atomic mass is 10.1. The van der Waals surface area contributed by atoms with Crippen LogP contribution in [0, 0.1) is 0 Å². The molecule has 8 heteroatoms. The number of amides is 2. The number of nitrogens with one attached hydrogen (secondary N) is 2. The molecule has 0 bridgehead atoms. The van der Waals surface area contributed by atoms with Crippen molar-refractivity contribution < 1.29 is 22.8 Å². The van der Waals surface area contributed by atoms with E-state index in [1.165, 1.54) is 6.07 Å².